The fourth-order valence-electron chi connectivity index (χ4n) is 3.34. The van der Waals surface area contributed by atoms with E-state index in [4.69, 9.17) is 0 Å². The summed E-state index contributed by atoms with van der Waals surface area (Å²) in [6.45, 7) is 5.56. The number of benzene rings is 2. The maximum absolute atomic E-state index is 13.2. The van der Waals surface area contributed by atoms with E-state index in [2.05, 4.69) is 6.92 Å². The summed E-state index contributed by atoms with van der Waals surface area (Å²) in [6.07, 6.45) is 3.58. The van der Waals surface area contributed by atoms with Gasteiger partial charge in [-0.1, -0.05) is 49.7 Å². The molecule has 0 spiro atoms. The summed E-state index contributed by atoms with van der Waals surface area (Å²) < 4.78 is 28.1. The number of carbonyl (C=O) groups excluding carboxylic acids is 1. The molecule has 28 heavy (non-hydrogen) atoms. The van der Waals surface area contributed by atoms with Crippen LogP contribution in [0.25, 0.3) is 10.9 Å². The highest BCUT2D eigenvalue weighted by Crippen LogP contribution is 2.30. The van der Waals surface area contributed by atoms with Gasteiger partial charge >= 0.3 is 0 Å². The second-order valence-electron chi connectivity index (χ2n) is 6.78. The molecule has 3 aromatic rings. The number of hydrogen-bond acceptors (Lipinski definition) is 3. The average molecular weight is 399 g/mol. The molecule has 0 aliphatic heterocycles. The maximum atomic E-state index is 13.2. The Kier molecular flexibility index (Phi) is 6.19. The molecule has 0 bridgehead atoms. The molecule has 0 aliphatic carbocycles. The zero-order chi connectivity index (χ0) is 20.1. The summed E-state index contributed by atoms with van der Waals surface area (Å²) >= 11 is 0. The Hall–Kier alpha value is -2.60. The van der Waals surface area contributed by atoms with E-state index in [1.54, 1.807) is 47.2 Å². The SMILES string of the molecule is CCCCN(CC)C(=O)Cn1cc(S(=O)(=O)c2ccccc2)c2ccccc21. The number of para-hydroxylation sites is 1. The zero-order valence-corrected chi connectivity index (χ0v) is 17.2. The van der Waals surface area contributed by atoms with E-state index >= 15 is 0 Å². The van der Waals surface area contributed by atoms with E-state index in [1.807, 2.05) is 30.0 Å². The van der Waals surface area contributed by atoms with E-state index in [0.717, 1.165) is 24.9 Å². The average Bonchev–Trinajstić information content (AvgIpc) is 3.08. The van der Waals surface area contributed by atoms with Crippen LogP contribution in [0.15, 0.2) is 70.6 Å². The smallest absolute Gasteiger partial charge is 0.242 e. The maximum Gasteiger partial charge on any atom is 0.242 e. The van der Waals surface area contributed by atoms with E-state index < -0.39 is 9.84 Å². The Morgan fingerprint density at radius 3 is 2.36 bits per heavy atom. The van der Waals surface area contributed by atoms with Crippen molar-refractivity contribution in [3.8, 4) is 0 Å². The number of carbonyl (C=O) groups is 1. The number of amides is 1. The molecule has 1 heterocycles. The van der Waals surface area contributed by atoms with Crippen LogP contribution in [0, 0.1) is 0 Å². The molecule has 0 unspecified atom stereocenters. The highest BCUT2D eigenvalue weighted by atomic mass is 32.2. The van der Waals surface area contributed by atoms with Gasteiger partial charge in [0.15, 0.2) is 0 Å². The number of rotatable bonds is 8. The van der Waals surface area contributed by atoms with Gasteiger partial charge in [0.1, 0.15) is 6.54 Å². The Morgan fingerprint density at radius 2 is 1.68 bits per heavy atom. The zero-order valence-electron chi connectivity index (χ0n) is 16.3. The third-order valence-corrected chi connectivity index (χ3v) is 6.71. The highest BCUT2D eigenvalue weighted by molar-refractivity contribution is 7.91. The molecule has 0 radical (unpaired) electrons. The van der Waals surface area contributed by atoms with Crippen molar-refractivity contribution < 1.29 is 13.2 Å². The van der Waals surface area contributed by atoms with Crippen molar-refractivity contribution in [2.75, 3.05) is 13.1 Å². The number of aromatic nitrogens is 1. The monoisotopic (exact) mass is 398 g/mol. The van der Waals surface area contributed by atoms with Gasteiger partial charge in [0.25, 0.3) is 0 Å². The second-order valence-corrected chi connectivity index (χ2v) is 8.70. The predicted octanol–water partition coefficient (Wildman–Crippen LogP) is 4.12. The first-order chi connectivity index (χ1) is 13.5. The number of hydrogen-bond donors (Lipinski definition) is 0. The van der Waals surface area contributed by atoms with Crippen LogP contribution in [0.4, 0.5) is 0 Å². The van der Waals surface area contributed by atoms with Crippen LogP contribution in [0.3, 0.4) is 0 Å². The number of fused-ring (bicyclic) bond motifs is 1. The highest BCUT2D eigenvalue weighted by Gasteiger charge is 2.24. The van der Waals surface area contributed by atoms with Crippen LogP contribution in [-0.2, 0) is 21.2 Å². The van der Waals surface area contributed by atoms with E-state index in [0.29, 0.717) is 11.9 Å². The number of likely N-dealkylation sites (N-methyl/N-ethyl adjacent to an activating group) is 1. The minimum atomic E-state index is -3.67. The summed E-state index contributed by atoms with van der Waals surface area (Å²) in [4.78, 5) is 15.1. The van der Waals surface area contributed by atoms with Crippen LogP contribution >= 0.6 is 0 Å². The fraction of sp³-hybridized carbons (Fsp3) is 0.318. The molecular formula is C22H26N2O3S. The molecule has 2 aromatic carbocycles. The largest absolute Gasteiger partial charge is 0.341 e. The number of sulfone groups is 1. The fourth-order valence-corrected chi connectivity index (χ4v) is 4.84. The number of nitrogens with zero attached hydrogens (tertiary/aromatic N) is 2. The molecule has 1 amide bonds. The van der Waals surface area contributed by atoms with Crippen molar-refractivity contribution in [2.24, 2.45) is 0 Å². The quantitative estimate of drug-likeness (QED) is 0.573. The third-order valence-electron chi connectivity index (χ3n) is 4.92. The van der Waals surface area contributed by atoms with Crippen molar-refractivity contribution in [3.63, 3.8) is 0 Å². The summed E-state index contributed by atoms with van der Waals surface area (Å²) in [5.41, 5.74) is 0.747. The van der Waals surface area contributed by atoms with Gasteiger partial charge in [0.05, 0.1) is 9.79 Å². The lowest BCUT2D eigenvalue weighted by Gasteiger charge is -2.21. The van der Waals surface area contributed by atoms with Gasteiger partial charge in [-0.15, -0.1) is 0 Å². The van der Waals surface area contributed by atoms with E-state index in [1.165, 1.54) is 0 Å². The summed E-state index contributed by atoms with van der Waals surface area (Å²) in [5.74, 6) is 0.000335. The molecule has 0 saturated heterocycles. The molecule has 6 heteroatoms. The van der Waals surface area contributed by atoms with Gasteiger partial charge in [0.2, 0.25) is 15.7 Å². The summed E-state index contributed by atoms with van der Waals surface area (Å²) in [6, 6.07) is 15.7. The standard InChI is InChI=1S/C22H26N2O3S/c1-3-5-15-23(4-2)22(25)17-24-16-21(19-13-9-10-14-20(19)24)28(26,27)18-11-7-6-8-12-18/h6-14,16H,3-5,15,17H2,1-2H3. The van der Waals surface area contributed by atoms with Gasteiger partial charge in [-0.2, -0.15) is 0 Å². The van der Waals surface area contributed by atoms with E-state index in [-0.39, 0.29) is 22.2 Å². The Bertz CT molecular complexity index is 1060. The van der Waals surface area contributed by atoms with Gasteiger partial charge in [-0.05, 0) is 31.5 Å². The molecular weight excluding hydrogens is 372 g/mol. The minimum Gasteiger partial charge on any atom is -0.341 e. The molecule has 0 N–H and O–H groups in total. The van der Waals surface area contributed by atoms with Gasteiger partial charge < -0.3 is 9.47 Å². The molecule has 0 aliphatic rings. The normalized spacial score (nSPS) is 11.6. The lowest BCUT2D eigenvalue weighted by atomic mass is 10.2. The molecule has 5 nitrogen and oxygen atoms in total. The molecule has 148 valence electrons. The molecule has 0 saturated carbocycles. The topological polar surface area (TPSA) is 59.4 Å². The lowest BCUT2D eigenvalue weighted by molar-refractivity contribution is -0.131. The number of unbranched alkanes of at least 4 members (excludes halogenated alkanes) is 1. The first kappa shape index (κ1) is 20.1. The molecule has 0 atom stereocenters. The molecule has 0 fully saturated rings. The first-order valence-corrected chi connectivity index (χ1v) is 11.1. The van der Waals surface area contributed by atoms with Crippen LogP contribution in [0.1, 0.15) is 26.7 Å². The first-order valence-electron chi connectivity index (χ1n) is 9.64. The van der Waals surface area contributed by atoms with Crippen molar-refractivity contribution >= 4 is 26.6 Å². The lowest BCUT2D eigenvalue weighted by Crippen LogP contribution is -2.34. The Labute approximate surface area is 166 Å². The van der Waals surface area contributed by atoms with Crippen molar-refractivity contribution in [1.29, 1.82) is 0 Å². The Balaban J connectivity index is 2.01. The van der Waals surface area contributed by atoms with Crippen LogP contribution in [-0.4, -0.2) is 36.9 Å². The molecule has 1 aromatic heterocycles. The minimum absolute atomic E-state index is 0.000335. The summed E-state index contributed by atoms with van der Waals surface area (Å²) in [5, 5.41) is 0.635. The van der Waals surface area contributed by atoms with Crippen molar-refractivity contribution in [3.05, 3.63) is 60.8 Å². The second kappa shape index (κ2) is 8.61. The molecule has 3 rings (SSSR count). The predicted molar refractivity (Wildman–Crippen MR) is 111 cm³/mol. The van der Waals surface area contributed by atoms with E-state index in [9.17, 15) is 13.2 Å². The van der Waals surface area contributed by atoms with Gasteiger partial charge in [0, 0.05) is 30.2 Å². The van der Waals surface area contributed by atoms with Crippen LogP contribution in [0.2, 0.25) is 0 Å². The van der Waals surface area contributed by atoms with Crippen molar-refractivity contribution in [2.45, 2.75) is 43.0 Å². The van der Waals surface area contributed by atoms with Gasteiger partial charge in [-0.3, -0.25) is 4.79 Å². The van der Waals surface area contributed by atoms with Crippen molar-refractivity contribution in [1.82, 2.24) is 9.47 Å². The third kappa shape index (κ3) is 3.97. The summed E-state index contributed by atoms with van der Waals surface area (Å²) in [7, 11) is -3.67. The van der Waals surface area contributed by atoms with Gasteiger partial charge in [-0.25, -0.2) is 8.42 Å². The Morgan fingerprint density at radius 1 is 1.00 bits per heavy atom. The van der Waals surface area contributed by atoms with Crippen LogP contribution in [0.5, 0.6) is 0 Å². The van der Waals surface area contributed by atoms with Crippen LogP contribution < -0.4 is 0 Å².